The molecule has 0 aliphatic rings. The number of hydrogen-bond acceptors (Lipinski definition) is 3. The Bertz CT molecular complexity index is 594. The van der Waals surface area contributed by atoms with E-state index in [1.165, 1.54) is 10.4 Å². The quantitative estimate of drug-likeness (QED) is 0.275. The third-order valence-electron chi connectivity index (χ3n) is 3.66. The van der Waals surface area contributed by atoms with Gasteiger partial charge in [-0.1, -0.05) is 13.0 Å². The molecule has 0 saturated heterocycles. The number of nitrogens with zero attached hydrogens (tertiary/aromatic N) is 3. The van der Waals surface area contributed by atoms with Crippen LogP contribution in [0.2, 0.25) is 0 Å². The molecule has 0 radical (unpaired) electrons. The van der Waals surface area contributed by atoms with E-state index in [1.807, 2.05) is 36.3 Å². The van der Waals surface area contributed by atoms with Crippen molar-refractivity contribution in [3.63, 3.8) is 0 Å². The van der Waals surface area contributed by atoms with Crippen LogP contribution in [0, 0.1) is 5.92 Å². The smallest absolute Gasteiger partial charge is 0.190 e. The molecule has 134 valence electrons. The van der Waals surface area contributed by atoms with Gasteiger partial charge in [0, 0.05) is 38.3 Å². The monoisotopic (exact) mass is 461 g/mol. The summed E-state index contributed by atoms with van der Waals surface area (Å²) in [7, 11) is 3.77. The summed E-state index contributed by atoms with van der Waals surface area (Å²) in [6, 6.07) is 4.32. The molecule has 0 bridgehead atoms. The number of aliphatic imine (C=N–C) groups is 1. The molecule has 2 rings (SSSR count). The molecule has 0 aliphatic carbocycles. The van der Waals surface area contributed by atoms with Crippen molar-refractivity contribution < 1.29 is 0 Å². The van der Waals surface area contributed by atoms with Crippen LogP contribution >= 0.6 is 35.3 Å². The standard InChI is InChI=1S/C17H27N5S.HI/c1-14(10-16-7-5-9-23-16)11-20-17(18-2)19-8-4-6-15-12-21-22(3)13-15;/h5,7,9,12-14H,4,6,8,10-11H2,1-3H3,(H2,18,19,20);1H. The first-order chi connectivity index (χ1) is 11.2. The first-order valence-corrected chi connectivity index (χ1v) is 8.99. The topological polar surface area (TPSA) is 54.2 Å². The zero-order valence-electron chi connectivity index (χ0n) is 14.7. The van der Waals surface area contributed by atoms with E-state index in [0.717, 1.165) is 38.3 Å². The van der Waals surface area contributed by atoms with Crippen LogP contribution in [0.15, 0.2) is 34.9 Å². The number of aromatic nitrogens is 2. The molecule has 0 spiro atoms. The summed E-state index contributed by atoms with van der Waals surface area (Å²) in [5.74, 6) is 1.47. The van der Waals surface area contributed by atoms with E-state index in [0.29, 0.717) is 5.92 Å². The highest BCUT2D eigenvalue weighted by atomic mass is 127. The van der Waals surface area contributed by atoms with Crippen molar-refractivity contribution in [2.45, 2.75) is 26.2 Å². The molecule has 1 unspecified atom stereocenters. The lowest BCUT2D eigenvalue weighted by Gasteiger charge is -2.15. The Balaban J connectivity index is 0.00000288. The summed E-state index contributed by atoms with van der Waals surface area (Å²) in [5.41, 5.74) is 1.28. The average molecular weight is 461 g/mol. The van der Waals surface area contributed by atoms with E-state index in [2.05, 4.69) is 51.4 Å². The van der Waals surface area contributed by atoms with Crippen LogP contribution in [0.3, 0.4) is 0 Å². The molecule has 2 aromatic rings. The van der Waals surface area contributed by atoms with Gasteiger partial charge in [-0.15, -0.1) is 35.3 Å². The lowest BCUT2D eigenvalue weighted by atomic mass is 10.1. The summed E-state index contributed by atoms with van der Waals surface area (Å²) in [6.07, 6.45) is 7.21. The van der Waals surface area contributed by atoms with Crippen LogP contribution in [0.25, 0.3) is 0 Å². The zero-order chi connectivity index (χ0) is 16.5. The van der Waals surface area contributed by atoms with Crippen molar-refractivity contribution in [3.8, 4) is 0 Å². The molecule has 0 amide bonds. The number of hydrogen-bond donors (Lipinski definition) is 2. The Morgan fingerprint density at radius 3 is 2.88 bits per heavy atom. The highest BCUT2D eigenvalue weighted by Gasteiger charge is 2.06. The minimum absolute atomic E-state index is 0. The van der Waals surface area contributed by atoms with Crippen molar-refractivity contribution in [1.82, 2.24) is 20.4 Å². The van der Waals surface area contributed by atoms with Gasteiger partial charge in [-0.3, -0.25) is 9.67 Å². The fourth-order valence-electron chi connectivity index (χ4n) is 2.44. The predicted octanol–water partition coefficient (Wildman–Crippen LogP) is 3.08. The van der Waals surface area contributed by atoms with E-state index in [9.17, 15) is 0 Å². The van der Waals surface area contributed by atoms with Gasteiger partial charge in [0.25, 0.3) is 0 Å². The second kappa shape index (κ2) is 11.5. The lowest BCUT2D eigenvalue weighted by molar-refractivity contribution is 0.561. The predicted molar refractivity (Wildman–Crippen MR) is 113 cm³/mol. The molecule has 0 fully saturated rings. The zero-order valence-corrected chi connectivity index (χ0v) is 17.8. The molecule has 2 heterocycles. The molecular formula is C17H28IN5S. The lowest BCUT2D eigenvalue weighted by Crippen LogP contribution is -2.40. The van der Waals surface area contributed by atoms with Crippen LogP contribution in [0.4, 0.5) is 0 Å². The Labute approximate surface area is 166 Å². The van der Waals surface area contributed by atoms with Gasteiger partial charge in [-0.2, -0.15) is 5.10 Å². The van der Waals surface area contributed by atoms with Gasteiger partial charge in [0.15, 0.2) is 5.96 Å². The van der Waals surface area contributed by atoms with Crippen LogP contribution in [-0.2, 0) is 19.9 Å². The highest BCUT2D eigenvalue weighted by Crippen LogP contribution is 2.13. The van der Waals surface area contributed by atoms with Crippen molar-refractivity contribution in [3.05, 3.63) is 40.3 Å². The Morgan fingerprint density at radius 1 is 1.42 bits per heavy atom. The Morgan fingerprint density at radius 2 is 2.25 bits per heavy atom. The number of rotatable bonds is 8. The van der Waals surface area contributed by atoms with Gasteiger partial charge in [0.05, 0.1) is 6.20 Å². The van der Waals surface area contributed by atoms with Gasteiger partial charge < -0.3 is 10.6 Å². The third-order valence-corrected chi connectivity index (χ3v) is 4.56. The van der Waals surface area contributed by atoms with Gasteiger partial charge >= 0.3 is 0 Å². The Hall–Kier alpha value is -1.09. The highest BCUT2D eigenvalue weighted by molar-refractivity contribution is 14.0. The average Bonchev–Trinajstić information content (AvgIpc) is 3.18. The number of guanidine groups is 1. The molecule has 7 heteroatoms. The molecule has 0 saturated carbocycles. The molecular weight excluding hydrogens is 433 g/mol. The molecule has 0 aromatic carbocycles. The van der Waals surface area contributed by atoms with Crippen LogP contribution in [0.1, 0.15) is 23.8 Å². The fraction of sp³-hybridized carbons (Fsp3) is 0.529. The fourth-order valence-corrected chi connectivity index (χ4v) is 3.31. The summed E-state index contributed by atoms with van der Waals surface area (Å²) < 4.78 is 1.85. The molecule has 24 heavy (non-hydrogen) atoms. The van der Waals surface area contributed by atoms with Crippen LogP contribution in [0.5, 0.6) is 0 Å². The van der Waals surface area contributed by atoms with E-state index >= 15 is 0 Å². The maximum absolute atomic E-state index is 4.29. The molecule has 5 nitrogen and oxygen atoms in total. The Kier molecular flexibility index (Phi) is 10.0. The molecule has 0 aliphatic heterocycles. The van der Waals surface area contributed by atoms with Crippen molar-refractivity contribution in [2.24, 2.45) is 18.0 Å². The van der Waals surface area contributed by atoms with Gasteiger partial charge in [-0.25, -0.2) is 0 Å². The van der Waals surface area contributed by atoms with Crippen LogP contribution in [-0.4, -0.2) is 35.9 Å². The van der Waals surface area contributed by atoms with E-state index in [1.54, 1.807) is 0 Å². The number of halogens is 1. The van der Waals surface area contributed by atoms with Crippen molar-refractivity contribution in [2.75, 3.05) is 20.1 Å². The summed E-state index contributed by atoms with van der Waals surface area (Å²) in [6.45, 7) is 4.11. The first-order valence-electron chi connectivity index (χ1n) is 8.12. The number of aryl methyl sites for hydroxylation is 2. The van der Waals surface area contributed by atoms with Crippen LogP contribution < -0.4 is 10.6 Å². The second-order valence-electron chi connectivity index (χ2n) is 5.89. The van der Waals surface area contributed by atoms with E-state index in [-0.39, 0.29) is 24.0 Å². The number of nitrogens with one attached hydrogen (secondary N) is 2. The van der Waals surface area contributed by atoms with E-state index in [4.69, 9.17) is 0 Å². The molecule has 2 N–H and O–H groups in total. The minimum atomic E-state index is 0. The largest absolute Gasteiger partial charge is 0.356 e. The van der Waals surface area contributed by atoms with E-state index < -0.39 is 0 Å². The maximum Gasteiger partial charge on any atom is 0.190 e. The second-order valence-corrected chi connectivity index (χ2v) is 6.93. The first kappa shape index (κ1) is 21.0. The molecule has 1 atom stereocenters. The summed E-state index contributed by atoms with van der Waals surface area (Å²) >= 11 is 1.83. The normalized spacial score (nSPS) is 12.5. The molecule has 2 aromatic heterocycles. The van der Waals surface area contributed by atoms with Gasteiger partial charge in [0.2, 0.25) is 0 Å². The summed E-state index contributed by atoms with van der Waals surface area (Å²) in [5, 5.41) is 13.1. The SMILES string of the molecule is CN=C(NCCCc1cnn(C)c1)NCC(C)Cc1cccs1.I. The third kappa shape index (κ3) is 7.65. The minimum Gasteiger partial charge on any atom is -0.356 e. The maximum atomic E-state index is 4.29. The van der Waals surface area contributed by atoms with Gasteiger partial charge in [0.1, 0.15) is 0 Å². The number of thiophene rings is 1. The van der Waals surface area contributed by atoms with Gasteiger partial charge in [-0.05, 0) is 42.2 Å². The van der Waals surface area contributed by atoms with Crippen molar-refractivity contribution in [1.29, 1.82) is 0 Å². The summed E-state index contributed by atoms with van der Waals surface area (Å²) in [4.78, 5) is 5.73. The van der Waals surface area contributed by atoms with Crippen molar-refractivity contribution >= 4 is 41.3 Å².